The Morgan fingerprint density at radius 3 is 2.56 bits per heavy atom. The van der Waals surface area contributed by atoms with Crippen LogP contribution in [0, 0.1) is 12.7 Å². The number of ether oxygens (including phenoxy) is 1. The van der Waals surface area contributed by atoms with Crippen LogP contribution in [0.3, 0.4) is 0 Å². The van der Waals surface area contributed by atoms with Crippen molar-refractivity contribution in [3.8, 4) is 0 Å². The third-order valence-corrected chi connectivity index (χ3v) is 5.01. The molecule has 1 heterocycles. The third-order valence-electron chi connectivity index (χ3n) is 4.01. The highest BCUT2D eigenvalue weighted by atomic mass is 32.1. The molecule has 1 aromatic heterocycles. The summed E-state index contributed by atoms with van der Waals surface area (Å²) in [6.07, 6.45) is 4.56. The van der Waals surface area contributed by atoms with Crippen molar-refractivity contribution in [2.45, 2.75) is 32.6 Å². The highest BCUT2D eigenvalue weighted by Gasteiger charge is 2.13. The largest absolute Gasteiger partial charge is 0.469 e. The number of rotatable bonds is 9. The predicted octanol–water partition coefficient (Wildman–Crippen LogP) is 4.59. The van der Waals surface area contributed by atoms with E-state index >= 15 is 0 Å². The number of carbonyl (C=O) groups is 2. The molecule has 1 N–H and O–H groups in total. The van der Waals surface area contributed by atoms with Gasteiger partial charge in [0.25, 0.3) is 5.91 Å². The fraction of sp³-hybridized carbons (Fsp3) is 0.333. The second-order valence-corrected chi connectivity index (χ2v) is 7.18. The van der Waals surface area contributed by atoms with E-state index < -0.39 is 0 Å². The van der Waals surface area contributed by atoms with Gasteiger partial charge in [0.05, 0.1) is 7.11 Å². The zero-order valence-corrected chi connectivity index (χ0v) is 16.4. The summed E-state index contributed by atoms with van der Waals surface area (Å²) in [6.45, 7) is 2.52. The molecule has 0 spiro atoms. The van der Waals surface area contributed by atoms with Gasteiger partial charge in [-0.2, -0.15) is 0 Å². The Morgan fingerprint density at radius 2 is 1.93 bits per heavy atom. The van der Waals surface area contributed by atoms with E-state index in [0.29, 0.717) is 24.1 Å². The summed E-state index contributed by atoms with van der Waals surface area (Å²) in [5.41, 5.74) is 2.31. The van der Waals surface area contributed by atoms with Gasteiger partial charge in [-0.15, -0.1) is 11.3 Å². The van der Waals surface area contributed by atoms with Crippen molar-refractivity contribution < 1.29 is 18.7 Å². The Bertz CT molecular complexity index is 796. The van der Waals surface area contributed by atoms with Gasteiger partial charge in [0.15, 0.2) is 0 Å². The SMILES string of the molecule is COC(=O)CCCCCNC(=O)C(=Cc1cc(C)cs1)c1ccc(F)cc1. The topological polar surface area (TPSA) is 55.4 Å². The van der Waals surface area contributed by atoms with Gasteiger partial charge in [-0.3, -0.25) is 9.59 Å². The molecule has 6 heteroatoms. The lowest BCUT2D eigenvalue weighted by Gasteiger charge is -2.09. The first kappa shape index (κ1) is 20.8. The summed E-state index contributed by atoms with van der Waals surface area (Å²) >= 11 is 1.56. The fourth-order valence-corrected chi connectivity index (χ4v) is 3.38. The maximum absolute atomic E-state index is 13.2. The second-order valence-electron chi connectivity index (χ2n) is 6.23. The van der Waals surface area contributed by atoms with Crippen LogP contribution in [-0.2, 0) is 14.3 Å². The first-order valence-electron chi connectivity index (χ1n) is 8.87. The summed E-state index contributed by atoms with van der Waals surface area (Å²) in [5, 5.41) is 4.93. The van der Waals surface area contributed by atoms with Crippen LogP contribution in [0.2, 0.25) is 0 Å². The average Bonchev–Trinajstić information content (AvgIpc) is 3.08. The lowest BCUT2D eigenvalue weighted by atomic mass is 10.0. The van der Waals surface area contributed by atoms with Crippen molar-refractivity contribution in [1.29, 1.82) is 0 Å². The van der Waals surface area contributed by atoms with Gasteiger partial charge in [-0.05, 0) is 60.5 Å². The number of methoxy groups -OCH3 is 1. The third kappa shape index (κ3) is 6.98. The van der Waals surface area contributed by atoms with E-state index in [1.807, 2.05) is 24.4 Å². The number of nitrogens with one attached hydrogen (secondary N) is 1. The van der Waals surface area contributed by atoms with Crippen molar-refractivity contribution in [1.82, 2.24) is 5.32 Å². The zero-order chi connectivity index (χ0) is 19.6. The molecule has 27 heavy (non-hydrogen) atoms. The van der Waals surface area contributed by atoms with Crippen LogP contribution in [0.15, 0.2) is 35.7 Å². The molecule has 0 aliphatic heterocycles. The summed E-state index contributed by atoms with van der Waals surface area (Å²) in [5.74, 6) is -0.747. The molecule has 144 valence electrons. The van der Waals surface area contributed by atoms with E-state index in [-0.39, 0.29) is 17.7 Å². The number of halogens is 1. The van der Waals surface area contributed by atoms with Gasteiger partial charge in [0, 0.05) is 23.4 Å². The van der Waals surface area contributed by atoms with Crippen LogP contribution in [-0.4, -0.2) is 25.5 Å². The van der Waals surface area contributed by atoms with Gasteiger partial charge in [0.2, 0.25) is 0 Å². The van der Waals surface area contributed by atoms with Crippen molar-refractivity contribution in [2.75, 3.05) is 13.7 Å². The molecule has 0 bridgehead atoms. The Morgan fingerprint density at radius 1 is 1.19 bits per heavy atom. The zero-order valence-electron chi connectivity index (χ0n) is 15.6. The van der Waals surface area contributed by atoms with Crippen LogP contribution < -0.4 is 5.32 Å². The van der Waals surface area contributed by atoms with Gasteiger partial charge in [0.1, 0.15) is 5.82 Å². The van der Waals surface area contributed by atoms with Crippen LogP contribution in [0.4, 0.5) is 4.39 Å². The second kappa shape index (κ2) is 10.6. The van der Waals surface area contributed by atoms with Crippen LogP contribution in [0.25, 0.3) is 11.6 Å². The van der Waals surface area contributed by atoms with E-state index in [9.17, 15) is 14.0 Å². The maximum atomic E-state index is 13.2. The van der Waals surface area contributed by atoms with Gasteiger partial charge in [-0.25, -0.2) is 4.39 Å². The number of hydrogen-bond acceptors (Lipinski definition) is 4. The van der Waals surface area contributed by atoms with Gasteiger partial charge < -0.3 is 10.1 Å². The molecule has 4 nitrogen and oxygen atoms in total. The number of esters is 1. The van der Waals surface area contributed by atoms with E-state index in [1.165, 1.54) is 19.2 Å². The molecule has 1 amide bonds. The van der Waals surface area contributed by atoms with Crippen LogP contribution in [0.1, 0.15) is 41.7 Å². The van der Waals surface area contributed by atoms with Gasteiger partial charge >= 0.3 is 5.97 Å². The average molecular weight is 389 g/mol. The molecule has 2 rings (SSSR count). The quantitative estimate of drug-likeness (QED) is 0.388. The highest BCUT2D eigenvalue weighted by Crippen LogP contribution is 2.23. The molecule has 0 saturated carbocycles. The number of unbranched alkanes of at least 4 members (excludes halogenated alkanes) is 2. The lowest BCUT2D eigenvalue weighted by molar-refractivity contribution is -0.140. The minimum Gasteiger partial charge on any atom is -0.469 e. The van der Waals surface area contributed by atoms with Crippen LogP contribution >= 0.6 is 11.3 Å². The molecule has 1 aromatic carbocycles. The molecular formula is C21H24FNO3S. The minimum atomic E-state index is -0.337. The molecule has 0 atom stereocenters. The Labute approximate surface area is 163 Å². The van der Waals surface area contributed by atoms with Crippen LogP contribution in [0.5, 0.6) is 0 Å². The molecule has 0 aliphatic carbocycles. The monoisotopic (exact) mass is 389 g/mol. The number of carbonyl (C=O) groups excluding carboxylic acids is 2. The van der Waals surface area contributed by atoms with Crippen molar-refractivity contribution >= 4 is 34.9 Å². The van der Waals surface area contributed by atoms with E-state index in [4.69, 9.17) is 0 Å². The van der Waals surface area contributed by atoms with E-state index in [1.54, 1.807) is 23.5 Å². The lowest BCUT2D eigenvalue weighted by Crippen LogP contribution is -2.25. The first-order valence-corrected chi connectivity index (χ1v) is 9.75. The molecule has 0 saturated heterocycles. The standard InChI is InChI=1S/C21H24FNO3S/c1-15-12-18(27-14-15)13-19(16-7-9-17(22)10-8-16)21(25)23-11-5-3-4-6-20(24)26-2/h7-10,12-14H,3-6,11H2,1-2H3,(H,23,25). The fourth-order valence-electron chi connectivity index (χ4n) is 2.55. The summed E-state index contributed by atoms with van der Waals surface area (Å²) in [4.78, 5) is 24.7. The number of benzene rings is 1. The number of amides is 1. The summed E-state index contributed by atoms with van der Waals surface area (Å²) in [6, 6.07) is 7.93. The van der Waals surface area contributed by atoms with Crippen molar-refractivity contribution in [3.63, 3.8) is 0 Å². The Kier molecular flexibility index (Phi) is 8.20. The summed E-state index contributed by atoms with van der Waals surface area (Å²) < 4.78 is 17.8. The van der Waals surface area contributed by atoms with E-state index in [2.05, 4.69) is 10.1 Å². The highest BCUT2D eigenvalue weighted by molar-refractivity contribution is 7.11. The molecule has 2 aromatic rings. The smallest absolute Gasteiger partial charge is 0.305 e. The molecule has 0 radical (unpaired) electrons. The predicted molar refractivity (Wildman–Crippen MR) is 107 cm³/mol. The molecule has 0 unspecified atom stereocenters. The number of thiophene rings is 1. The Hall–Kier alpha value is -2.47. The molecule has 0 aliphatic rings. The maximum Gasteiger partial charge on any atom is 0.305 e. The number of aryl methyl sites for hydroxylation is 1. The normalized spacial score (nSPS) is 11.3. The van der Waals surface area contributed by atoms with Gasteiger partial charge in [-0.1, -0.05) is 18.6 Å². The minimum absolute atomic E-state index is 0.194. The Balaban J connectivity index is 1.98. The van der Waals surface area contributed by atoms with Crippen molar-refractivity contribution in [3.05, 3.63) is 57.5 Å². The van der Waals surface area contributed by atoms with Crippen molar-refractivity contribution in [2.24, 2.45) is 0 Å². The van der Waals surface area contributed by atoms with E-state index in [0.717, 1.165) is 29.7 Å². The number of hydrogen-bond donors (Lipinski definition) is 1. The molecule has 0 fully saturated rings. The molecular weight excluding hydrogens is 365 g/mol. The first-order chi connectivity index (χ1) is 13.0. The summed E-state index contributed by atoms with van der Waals surface area (Å²) in [7, 11) is 1.38.